The molecule has 0 aliphatic carbocycles. The number of fused-ring (bicyclic) bond motifs is 1. The van der Waals surface area contributed by atoms with Crippen LogP contribution in [0.4, 0.5) is 4.39 Å². The van der Waals surface area contributed by atoms with Gasteiger partial charge in [0.05, 0.1) is 4.75 Å². The molecule has 4 nitrogen and oxygen atoms in total. The number of sulfone groups is 1. The summed E-state index contributed by atoms with van der Waals surface area (Å²) in [5.74, 6) is -0.312. The minimum atomic E-state index is -3.48. The fourth-order valence-electron chi connectivity index (χ4n) is 1.71. The first-order valence-corrected chi connectivity index (χ1v) is 7.59. The number of halogens is 1. The second-order valence-electron chi connectivity index (χ2n) is 5.11. The van der Waals surface area contributed by atoms with Gasteiger partial charge in [0, 0.05) is 11.6 Å². The van der Waals surface area contributed by atoms with Crippen LogP contribution in [-0.2, 0) is 9.84 Å². The lowest BCUT2D eigenvalue weighted by atomic mass is 10.0. The Balaban J connectivity index is 2.50. The van der Waals surface area contributed by atoms with Crippen LogP contribution in [0, 0.1) is 5.82 Å². The maximum Gasteiger partial charge on any atom is 0.155 e. The topological polar surface area (TPSA) is 67.5 Å². The molecule has 0 saturated carbocycles. The van der Waals surface area contributed by atoms with E-state index in [1.807, 2.05) is 0 Å². The van der Waals surface area contributed by atoms with Gasteiger partial charge >= 0.3 is 0 Å². The largest absolute Gasteiger partial charge is 0.458 e. The van der Waals surface area contributed by atoms with E-state index in [2.05, 4.69) is 0 Å². The Labute approximate surface area is 110 Å². The monoisotopic (exact) mass is 286 g/mol. The van der Waals surface area contributed by atoms with E-state index in [9.17, 15) is 17.9 Å². The molecule has 0 radical (unpaired) electrons. The molecule has 19 heavy (non-hydrogen) atoms. The number of hydrogen-bond donors (Lipinski definition) is 1. The molecule has 2 aromatic rings. The molecule has 0 fully saturated rings. The van der Waals surface area contributed by atoms with Crippen molar-refractivity contribution >= 4 is 20.8 Å². The van der Waals surface area contributed by atoms with Crippen LogP contribution >= 0.6 is 0 Å². The molecule has 1 aromatic heterocycles. The van der Waals surface area contributed by atoms with Crippen LogP contribution in [-0.4, -0.2) is 24.5 Å². The van der Waals surface area contributed by atoms with Crippen molar-refractivity contribution in [3.05, 3.63) is 35.8 Å². The molecule has 1 atom stereocenters. The second-order valence-corrected chi connectivity index (χ2v) is 7.71. The first kappa shape index (κ1) is 14.0. The van der Waals surface area contributed by atoms with E-state index in [1.54, 1.807) is 0 Å². The molecule has 0 amide bonds. The first-order valence-electron chi connectivity index (χ1n) is 5.69. The van der Waals surface area contributed by atoms with E-state index in [1.165, 1.54) is 38.1 Å². The third kappa shape index (κ3) is 2.37. The van der Waals surface area contributed by atoms with Crippen molar-refractivity contribution in [1.29, 1.82) is 0 Å². The second kappa shape index (κ2) is 4.31. The van der Waals surface area contributed by atoms with Crippen molar-refractivity contribution < 1.29 is 22.3 Å². The molecule has 0 aliphatic heterocycles. The van der Waals surface area contributed by atoms with E-state index < -0.39 is 26.5 Å². The van der Waals surface area contributed by atoms with Crippen LogP contribution in [0.1, 0.15) is 25.7 Å². The number of furan rings is 1. The van der Waals surface area contributed by atoms with Gasteiger partial charge < -0.3 is 9.52 Å². The van der Waals surface area contributed by atoms with E-state index >= 15 is 0 Å². The molecule has 0 spiro atoms. The Kier molecular flexibility index (Phi) is 3.18. The van der Waals surface area contributed by atoms with Gasteiger partial charge in [0.2, 0.25) is 0 Å². The maximum absolute atomic E-state index is 13.1. The highest BCUT2D eigenvalue weighted by molar-refractivity contribution is 7.92. The third-order valence-electron chi connectivity index (χ3n) is 3.38. The van der Waals surface area contributed by atoms with E-state index in [4.69, 9.17) is 4.42 Å². The van der Waals surface area contributed by atoms with Gasteiger partial charge in [-0.2, -0.15) is 0 Å². The molecule has 0 bridgehead atoms. The van der Waals surface area contributed by atoms with Gasteiger partial charge in [0.15, 0.2) is 9.84 Å². The van der Waals surface area contributed by atoms with Crippen molar-refractivity contribution in [3.63, 3.8) is 0 Å². The van der Waals surface area contributed by atoms with Crippen LogP contribution in [0.15, 0.2) is 28.7 Å². The van der Waals surface area contributed by atoms with Gasteiger partial charge in [-0.3, -0.25) is 0 Å². The molecule has 1 N–H and O–H groups in total. The molecule has 1 heterocycles. The summed E-state index contributed by atoms with van der Waals surface area (Å²) in [5.41, 5.74) is 0.403. The van der Waals surface area contributed by atoms with Gasteiger partial charge in [0.1, 0.15) is 23.3 Å². The highest BCUT2D eigenvalue weighted by Crippen LogP contribution is 2.35. The van der Waals surface area contributed by atoms with Crippen LogP contribution in [0.3, 0.4) is 0 Å². The summed E-state index contributed by atoms with van der Waals surface area (Å²) < 4.78 is 40.4. The number of aliphatic hydroxyl groups is 1. The molecule has 0 saturated heterocycles. The minimum Gasteiger partial charge on any atom is -0.458 e. The minimum absolute atomic E-state index is 0.107. The van der Waals surface area contributed by atoms with Crippen molar-refractivity contribution in [2.24, 2.45) is 0 Å². The van der Waals surface area contributed by atoms with Crippen molar-refractivity contribution in [1.82, 2.24) is 0 Å². The predicted molar refractivity (Wildman–Crippen MR) is 70.1 cm³/mol. The summed E-state index contributed by atoms with van der Waals surface area (Å²) in [6.45, 7) is 2.83. The highest BCUT2D eigenvalue weighted by atomic mass is 32.2. The average Bonchev–Trinajstić information content (AvgIpc) is 2.68. The van der Waals surface area contributed by atoms with Gasteiger partial charge in [-0.15, -0.1) is 0 Å². The first-order chi connectivity index (χ1) is 8.63. The number of benzene rings is 1. The summed E-state index contributed by atoms with van der Waals surface area (Å²) >= 11 is 0. The Bertz CT molecular complexity index is 715. The standard InChI is InChI=1S/C13H15FO4S/c1-13(2,19(3,16)17)12(15)11-7-8-6-9(14)4-5-10(8)18-11/h4-7,12,15H,1-3H3. The Morgan fingerprint density at radius 1 is 1.32 bits per heavy atom. The predicted octanol–water partition coefficient (Wildman–Crippen LogP) is 2.43. The summed E-state index contributed by atoms with van der Waals surface area (Å²) in [6.07, 6.45) is -0.267. The molecule has 104 valence electrons. The van der Waals surface area contributed by atoms with Gasteiger partial charge in [-0.1, -0.05) is 0 Å². The van der Waals surface area contributed by atoms with Crippen LogP contribution in [0.25, 0.3) is 11.0 Å². The Morgan fingerprint density at radius 3 is 2.53 bits per heavy atom. The molecule has 1 aromatic carbocycles. The summed E-state index contributed by atoms with van der Waals surface area (Å²) in [7, 11) is -3.48. The molecule has 6 heteroatoms. The zero-order valence-electron chi connectivity index (χ0n) is 10.8. The number of aliphatic hydroxyl groups excluding tert-OH is 1. The average molecular weight is 286 g/mol. The summed E-state index contributed by atoms with van der Waals surface area (Å²) in [6, 6.07) is 5.40. The van der Waals surface area contributed by atoms with Crippen LogP contribution < -0.4 is 0 Å². The lowest BCUT2D eigenvalue weighted by molar-refractivity contribution is 0.116. The smallest absolute Gasteiger partial charge is 0.155 e. The fraction of sp³-hybridized carbons (Fsp3) is 0.385. The zero-order chi connectivity index (χ0) is 14.4. The van der Waals surface area contributed by atoms with Crippen LogP contribution in [0.2, 0.25) is 0 Å². The molecule has 1 unspecified atom stereocenters. The maximum atomic E-state index is 13.1. The fourth-order valence-corrected chi connectivity index (χ4v) is 2.24. The lowest BCUT2D eigenvalue weighted by Crippen LogP contribution is -2.37. The van der Waals surface area contributed by atoms with Gasteiger partial charge in [0.25, 0.3) is 0 Å². The SMILES string of the molecule is CC(C)(C(O)c1cc2cc(F)ccc2o1)S(C)(=O)=O. The molecule has 0 aliphatic rings. The zero-order valence-corrected chi connectivity index (χ0v) is 11.7. The third-order valence-corrected chi connectivity index (χ3v) is 5.52. The summed E-state index contributed by atoms with van der Waals surface area (Å²) in [4.78, 5) is 0. The quantitative estimate of drug-likeness (QED) is 0.941. The van der Waals surface area contributed by atoms with Crippen molar-refractivity contribution in [2.75, 3.05) is 6.26 Å². The number of rotatable bonds is 3. The molecular weight excluding hydrogens is 271 g/mol. The Hall–Kier alpha value is -1.40. The van der Waals surface area contributed by atoms with Crippen LogP contribution in [0.5, 0.6) is 0 Å². The lowest BCUT2D eigenvalue weighted by Gasteiger charge is -2.26. The van der Waals surface area contributed by atoms with E-state index in [0.29, 0.717) is 11.0 Å². The highest BCUT2D eigenvalue weighted by Gasteiger charge is 2.40. The van der Waals surface area contributed by atoms with Gasteiger partial charge in [-0.05, 0) is 38.1 Å². The molecular formula is C13H15FO4S. The van der Waals surface area contributed by atoms with E-state index in [-0.39, 0.29) is 5.76 Å². The van der Waals surface area contributed by atoms with Gasteiger partial charge in [-0.25, -0.2) is 12.8 Å². The number of hydrogen-bond acceptors (Lipinski definition) is 4. The summed E-state index contributed by atoms with van der Waals surface area (Å²) in [5, 5.41) is 10.7. The Morgan fingerprint density at radius 2 is 1.95 bits per heavy atom. The molecule has 2 rings (SSSR count). The van der Waals surface area contributed by atoms with Crippen molar-refractivity contribution in [3.8, 4) is 0 Å². The normalized spacial score (nSPS) is 14.8. The van der Waals surface area contributed by atoms with E-state index in [0.717, 1.165) is 6.26 Å². The van der Waals surface area contributed by atoms with Crippen molar-refractivity contribution in [2.45, 2.75) is 24.7 Å².